The van der Waals surface area contributed by atoms with Gasteiger partial charge < -0.3 is 184 Å². The number of hydrogen-bond acceptors (Lipinski definition) is 37. The molecule has 0 radical (unpaired) electrons. The first-order valence-corrected chi connectivity index (χ1v) is 29.3. The Morgan fingerprint density at radius 1 is 0.505 bits per heavy atom. The molecule has 21 N–H and O–H groups in total. The average molecular weight is 1330 g/mol. The number of amides is 2. The van der Waals surface area contributed by atoms with Crippen molar-refractivity contribution in [1.29, 1.82) is 0 Å². The fourth-order valence-corrected chi connectivity index (χ4v) is 12.0. The number of carboxylic acid groups (broad SMARTS) is 1. The number of carbonyl (C=O) groups is 3. The lowest BCUT2D eigenvalue weighted by molar-refractivity contribution is -0.415. The summed E-state index contributed by atoms with van der Waals surface area (Å²) in [5, 5.41) is 225. The predicted octanol–water partition coefficient (Wildman–Crippen LogP) is -15.1. The number of hydrogen-bond donors (Lipinski definition) is 21. The molecule has 0 bridgehead atoms. The summed E-state index contributed by atoms with van der Waals surface area (Å²) in [7, 11) is 0.978. The number of aliphatic carboxylic acids is 1. The molecule has 7 heterocycles. The van der Waals surface area contributed by atoms with E-state index in [1.54, 1.807) is 0 Å². The van der Waals surface area contributed by atoms with Crippen molar-refractivity contribution in [3.05, 3.63) is 0 Å². The van der Waals surface area contributed by atoms with Crippen molar-refractivity contribution >= 4 is 17.8 Å². The first kappa shape index (κ1) is 75.5. The van der Waals surface area contributed by atoms with E-state index in [1.807, 2.05) is 0 Å². The van der Waals surface area contributed by atoms with Crippen LogP contribution in [0.2, 0.25) is 0 Å². The molecule has 7 rings (SSSR count). The van der Waals surface area contributed by atoms with Crippen LogP contribution in [0.5, 0.6) is 0 Å². The minimum atomic E-state index is -3.11. The lowest BCUT2D eigenvalue weighted by Gasteiger charge is -2.53. The Morgan fingerprint density at radius 2 is 0.945 bits per heavy atom. The van der Waals surface area contributed by atoms with Gasteiger partial charge in [0.1, 0.15) is 165 Å². The zero-order chi connectivity index (χ0) is 67.4. The van der Waals surface area contributed by atoms with Gasteiger partial charge in [-0.3, -0.25) is 9.59 Å². The average Bonchev–Trinajstić information content (AvgIpc) is 0.786. The van der Waals surface area contributed by atoms with Crippen LogP contribution in [0.3, 0.4) is 0 Å². The van der Waals surface area contributed by atoms with Crippen LogP contribution < -0.4 is 15.7 Å². The largest absolute Gasteiger partial charge is 0.544 e. The van der Waals surface area contributed by atoms with E-state index in [4.69, 9.17) is 66.3 Å². The topological polar surface area (TPSA) is 612 Å². The maximum atomic E-state index is 13.0. The highest BCUT2D eigenvalue weighted by atomic mass is 16.8. The van der Waals surface area contributed by atoms with Gasteiger partial charge in [0.05, 0.1) is 64.6 Å². The smallest absolute Gasteiger partial charge is 0.217 e. The van der Waals surface area contributed by atoms with Gasteiger partial charge in [0.2, 0.25) is 17.6 Å². The van der Waals surface area contributed by atoms with E-state index in [2.05, 4.69) is 10.6 Å². The van der Waals surface area contributed by atoms with Crippen molar-refractivity contribution in [1.82, 2.24) is 10.6 Å². The normalized spacial score (nSPS) is 48.1. The maximum Gasteiger partial charge on any atom is 0.217 e. The van der Waals surface area contributed by atoms with Crippen LogP contribution in [-0.2, 0) is 80.7 Å². The maximum absolute atomic E-state index is 13.0. The standard InChI is InChI=1S/C52H88N2O37/c1-14-18(63)6-52(51(76)77,90-39(14)29(66)19(64)7-55)91-44-32(69)22(10-58)82-50(45(44)78-5)87-41-24(12-60)84-47(27(35(41)72)54-17(4)62)89-43-33(70)25(13-79-48-37(74)36(73)30(67)20(8-56)81-48)85-49(38(43)75)86-40-23(11-59)83-46(26(34(40)71)53-16(3)61)88-42-28(65)15(2)80-21(9-57)31(42)68/h14-15,18-50,55-60,63-75H,6-13H2,1-5H3,(H,53,61)(H,54,62)(H,76,77)/p-1/t14-,15+,18-,19?,20?,21?,22?,23?,24?,25?,26?,27?,28?,29?,30+,31-,32+,33+,34-,35-,36+,37?,38?,39?,40-,41-,42-,43+,44+,45?,46+,47+,48-,49+,50+,52+/m1/s1. The minimum absolute atomic E-state index is 0.742. The summed E-state index contributed by atoms with van der Waals surface area (Å²) >= 11 is 0. The van der Waals surface area contributed by atoms with Crippen molar-refractivity contribution in [3.63, 3.8) is 0 Å². The van der Waals surface area contributed by atoms with Crippen LogP contribution in [0.4, 0.5) is 0 Å². The van der Waals surface area contributed by atoms with Crippen LogP contribution in [-0.4, -0.2) is 382 Å². The molecule has 15 unspecified atom stereocenters. The van der Waals surface area contributed by atoms with Crippen LogP contribution in [0, 0.1) is 5.92 Å². The van der Waals surface area contributed by atoms with Crippen molar-refractivity contribution < 1.29 is 183 Å². The SMILES string of the molecule is COC1[C@H](O[C@@H]2C(CO)O[C@@H](O[C@@H]3C(O)[C@H](O[C@@H]4C(CO)O[C@@H](O[C@@H]5C(O)[C@H](C)OC(CO)[C@H]5O)C(NC(C)=O)[C@H]4O)OC(CO[C@@H]4OC(CO)[C@H](O)[C@H](O)C4O)[C@@H]3O)C(NC(C)=O)[C@H]2O)OC(CO)[C@H](O)[C@@H]1O[C@]1(C(=O)[O-])C[C@@H](O)[C@@H](C)C(C(O)C(O)CO)O1. The van der Waals surface area contributed by atoms with E-state index in [0.29, 0.717) is 0 Å². The van der Waals surface area contributed by atoms with E-state index in [0.717, 1.165) is 21.0 Å². The molecule has 91 heavy (non-hydrogen) atoms. The molecule has 7 saturated heterocycles. The fraction of sp³-hybridized carbons (Fsp3) is 0.942. The fourth-order valence-electron chi connectivity index (χ4n) is 12.0. The Hall–Kier alpha value is -2.91. The molecular weight excluding hydrogens is 1240 g/mol. The third-order valence-electron chi connectivity index (χ3n) is 17.2. The monoisotopic (exact) mass is 1330 g/mol. The van der Waals surface area contributed by atoms with Gasteiger partial charge in [-0.1, -0.05) is 6.92 Å². The van der Waals surface area contributed by atoms with Crippen LogP contribution in [0.15, 0.2) is 0 Å². The number of aliphatic hydroxyl groups excluding tert-OH is 19. The number of nitrogens with one attached hydrogen (secondary N) is 2. The summed E-state index contributed by atoms with van der Waals surface area (Å²) in [6.07, 6.45) is -61.6. The van der Waals surface area contributed by atoms with Crippen molar-refractivity contribution in [3.8, 4) is 0 Å². The van der Waals surface area contributed by atoms with E-state index in [1.165, 1.54) is 13.8 Å². The first-order valence-electron chi connectivity index (χ1n) is 29.3. The molecule has 36 atom stereocenters. The van der Waals surface area contributed by atoms with E-state index >= 15 is 0 Å². The number of ether oxygens (including phenoxy) is 14. The summed E-state index contributed by atoms with van der Waals surface area (Å²) < 4.78 is 81.9. The van der Waals surface area contributed by atoms with Gasteiger partial charge in [-0.2, -0.15) is 0 Å². The first-order chi connectivity index (χ1) is 43.0. The van der Waals surface area contributed by atoms with E-state index in [-0.39, 0.29) is 0 Å². The summed E-state index contributed by atoms with van der Waals surface area (Å²) in [5.41, 5.74) is 0. The zero-order valence-electron chi connectivity index (χ0n) is 49.7. The Kier molecular flexibility index (Phi) is 26.9. The molecule has 0 spiro atoms. The van der Waals surface area contributed by atoms with E-state index < -0.39 is 290 Å². The van der Waals surface area contributed by atoms with Gasteiger partial charge in [0, 0.05) is 33.3 Å². The second kappa shape index (κ2) is 32.4. The van der Waals surface area contributed by atoms with Crippen LogP contribution in [0.25, 0.3) is 0 Å². The number of carbonyl (C=O) groups excluding carboxylic acids is 3. The van der Waals surface area contributed by atoms with Crippen molar-refractivity contribution in [2.24, 2.45) is 5.92 Å². The molecule has 7 aliphatic heterocycles. The Morgan fingerprint density at radius 3 is 1.44 bits per heavy atom. The van der Waals surface area contributed by atoms with Gasteiger partial charge >= 0.3 is 0 Å². The van der Waals surface area contributed by atoms with Gasteiger partial charge in [-0.15, -0.1) is 0 Å². The zero-order valence-corrected chi connectivity index (χ0v) is 49.7. The summed E-state index contributed by atoms with van der Waals surface area (Å²) in [5.74, 6) is -8.21. The highest BCUT2D eigenvalue weighted by molar-refractivity contribution is 5.74. The van der Waals surface area contributed by atoms with Crippen LogP contribution >= 0.6 is 0 Å². The van der Waals surface area contributed by atoms with Crippen LogP contribution in [0.1, 0.15) is 34.1 Å². The number of methoxy groups -OCH3 is 1. The Balaban J connectivity index is 1.18. The van der Waals surface area contributed by atoms with Gasteiger partial charge in [0.25, 0.3) is 0 Å². The molecule has 39 heteroatoms. The molecule has 0 saturated carbocycles. The third kappa shape index (κ3) is 16.2. The lowest BCUT2D eigenvalue weighted by Crippen LogP contribution is -2.71. The molecule has 39 nitrogen and oxygen atoms in total. The highest BCUT2D eigenvalue weighted by Gasteiger charge is 2.60. The second-order valence-corrected chi connectivity index (χ2v) is 23.4. The second-order valence-electron chi connectivity index (χ2n) is 23.4. The highest BCUT2D eigenvalue weighted by Crippen LogP contribution is 2.42. The third-order valence-corrected chi connectivity index (χ3v) is 17.2. The van der Waals surface area contributed by atoms with Gasteiger partial charge in [0.15, 0.2) is 31.5 Å². The summed E-state index contributed by atoms with van der Waals surface area (Å²) in [6.45, 7) is -2.27. The molecule has 0 aromatic heterocycles. The van der Waals surface area contributed by atoms with Crippen molar-refractivity contribution in [2.75, 3.05) is 53.4 Å². The molecule has 7 aliphatic rings. The molecule has 2 amide bonds. The number of aliphatic hydroxyl groups is 19. The lowest BCUT2D eigenvalue weighted by atomic mass is 9.84. The summed E-state index contributed by atoms with van der Waals surface area (Å²) in [4.78, 5) is 38.7. The molecule has 7 fully saturated rings. The molecule has 0 aliphatic carbocycles. The Labute approximate surface area is 517 Å². The molecular formula is C52H87N2O37-. The predicted molar refractivity (Wildman–Crippen MR) is 281 cm³/mol. The van der Waals surface area contributed by atoms with E-state index in [9.17, 15) is 117 Å². The minimum Gasteiger partial charge on any atom is -0.544 e. The number of rotatable bonds is 25. The Bertz CT molecular complexity index is 2310. The number of carboxylic acids is 1. The van der Waals surface area contributed by atoms with Crippen molar-refractivity contribution in [2.45, 2.75) is 248 Å². The molecule has 0 aromatic carbocycles. The molecule has 528 valence electrons. The van der Waals surface area contributed by atoms with Gasteiger partial charge in [-0.25, -0.2) is 0 Å². The van der Waals surface area contributed by atoms with Gasteiger partial charge in [-0.05, 0) is 6.92 Å². The summed E-state index contributed by atoms with van der Waals surface area (Å²) in [6, 6.07) is -3.67. The molecule has 0 aromatic rings. The quantitative estimate of drug-likeness (QED) is 0.0404.